The molecule has 2 aliphatic heterocycles. The first-order chi connectivity index (χ1) is 9.25. The zero-order chi connectivity index (χ0) is 13.2. The number of aromatic nitrogens is 4. The molecule has 0 saturated heterocycles. The Labute approximate surface area is 111 Å². The fourth-order valence-corrected chi connectivity index (χ4v) is 2.09. The van der Waals surface area contributed by atoms with Crippen LogP contribution in [-0.2, 0) is 6.54 Å². The fourth-order valence-electron chi connectivity index (χ4n) is 2.09. The van der Waals surface area contributed by atoms with Crippen molar-refractivity contribution >= 4 is 5.82 Å². The molecule has 0 aliphatic carbocycles. The summed E-state index contributed by atoms with van der Waals surface area (Å²) in [6.07, 6.45) is 3.40. The number of anilines is 1. The van der Waals surface area contributed by atoms with Crippen LogP contribution in [-0.4, -0.2) is 33.6 Å². The van der Waals surface area contributed by atoms with Gasteiger partial charge in [0.1, 0.15) is 6.33 Å². The van der Waals surface area contributed by atoms with E-state index in [1.54, 1.807) is 6.33 Å². The Morgan fingerprint density at radius 1 is 1.05 bits per heavy atom. The van der Waals surface area contributed by atoms with Crippen LogP contribution in [0.4, 0.5) is 5.82 Å². The highest BCUT2D eigenvalue weighted by Crippen LogP contribution is 2.26. The minimum Gasteiger partial charge on any atom is -0.361 e. The predicted octanol–water partition coefficient (Wildman–Crippen LogP) is 1.89. The van der Waals surface area contributed by atoms with Crippen LogP contribution in [0.5, 0.6) is 0 Å². The number of fused-ring (bicyclic) bond motifs is 1. The van der Waals surface area contributed by atoms with Crippen LogP contribution in [0.3, 0.4) is 0 Å². The summed E-state index contributed by atoms with van der Waals surface area (Å²) in [5, 5.41) is 0. The molecule has 0 fully saturated rings. The molecule has 0 unspecified atom stereocenters. The van der Waals surface area contributed by atoms with E-state index in [4.69, 9.17) is 0 Å². The first-order valence-corrected chi connectivity index (χ1v) is 6.13. The van der Waals surface area contributed by atoms with Crippen molar-refractivity contribution in [3.63, 3.8) is 0 Å². The molecule has 0 aromatic heterocycles. The Bertz CT molecular complexity index is 644. The standard InChI is InChI=1S/C14H15N5/c1-18(2)13-12-14(16-9-15-12)19(10-17-13)8-11-6-4-3-5-7-11/h3-7,9-10H,8H2,1-2H3. The molecule has 0 atom stereocenters. The average molecular weight is 253 g/mol. The maximum absolute atomic E-state index is 4.46. The second-order valence-corrected chi connectivity index (χ2v) is 4.62. The summed E-state index contributed by atoms with van der Waals surface area (Å²) >= 11 is 0. The first-order valence-electron chi connectivity index (χ1n) is 6.13. The number of hydrogen-bond acceptors (Lipinski definition) is 4. The summed E-state index contributed by atoms with van der Waals surface area (Å²) in [5.74, 6) is 1.71. The van der Waals surface area contributed by atoms with Crippen molar-refractivity contribution in [2.45, 2.75) is 6.54 Å². The monoisotopic (exact) mass is 253 g/mol. The quantitative estimate of drug-likeness (QED) is 0.715. The Kier molecular flexibility index (Phi) is 2.87. The lowest BCUT2D eigenvalue weighted by Gasteiger charge is -2.17. The lowest BCUT2D eigenvalue weighted by atomic mass is 10.2. The highest BCUT2D eigenvalue weighted by Gasteiger charge is 2.17. The van der Waals surface area contributed by atoms with Crippen LogP contribution < -0.4 is 4.90 Å². The van der Waals surface area contributed by atoms with Gasteiger partial charge in [-0.3, -0.25) is 0 Å². The van der Waals surface area contributed by atoms with Gasteiger partial charge in [-0.2, -0.15) is 0 Å². The molecule has 3 rings (SSSR count). The SMILES string of the molecule is CN(C)c1ncn(Cc2ccccc2)c2ncnc1-2. The van der Waals surface area contributed by atoms with Crippen LogP contribution in [0.25, 0.3) is 11.5 Å². The topological polar surface area (TPSA) is 46.8 Å². The van der Waals surface area contributed by atoms with Crippen molar-refractivity contribution in [2.75, 3.05) is 19.0 Å². The van der Waals surface area contributed by atoms with Crippen LogP contribution in [0, 0.1) is 0 Å². The normalized spacial score (nSPS) is 10.8. The molecule has 96 valence electrons. The summed E-state index contributed by atoms with van der Waals surface area (Å²) in [5.41, 5.74) is 2.06. The lowest BCUT2D eigenvalue weighted by Crippen LogP contribution is -2.16. The predicted molar refractivity (Wildman–Crippen MR) is 74.3 cm³/mol. The van der Waals surface area contributed by atoms with Gasteiger partial charge in [0.25, 0.3) is 0 Å². The zero-order valence-corrected chi connectivity index (χ0v) is 11.0. The number of benzene rings is 1. The largest absolute Gasteiger partial charge is 0.361 e. The Balaban J connectivity index is 2.02. The van der Waals surface area contributed by atoms with E-state index < -0.39 is 0 Å². The second-order valence-electron chi connectivity index (χ2n) is 4.62. The van der Waals surface area contributed by atoms with E-state index in [1.807, 2.05) is 48.1 Å². The van der Waals surface area contributed by atoms with E-state index in [9.17, 15) is 0 Å². The van der Waals surface area contributed by atoms with Gasteiger partial charge in [0.2, 0.25) is 0 Å². The van der Waals surface area contributed by atoms with Crippen molar-refractivity contribution in [1.29, 1.82) is 0 Å². The lowest BCUT2D eigenvalue weighted by molar-refractivity contribution is 0.757. The van der Waals surface area contributed by atoms with Gasteiger partial charge in [-0.25, -0.2) is 15.0 Å². The first kappa shape index (κ1) is 11.6. The highest BCUT2D eigenvalue weighted by molar-refractivity contribution is 5.67. The molecule has 0 spiro atoms. The van der Waals surface area contributed by atoms with Gasteiger partial charge in [0, 0.05) is 14.1 Å². The molecule has 2 heterocycles. The van der Waals surface area contributed by atoms with Crippen LogP contribution >= 0.6 is 0 Å². The van der Waals surface area contributed by atoms with Gasteiger partial charge in [0.05, 0.1) is 12.9 Å². The summed E-state index contributed by atoms with van der Waals surface area (Å²) < 4.78 is 2.02. The van der Waals surface area contributed by atoms with Gasteiger partial charge in [-0.1, -0.05) is 30.3 Å². The third-order valence-electron chi connectivity index (χ3n) is 3.00. The molecule has 1 aromatic rings. The highest BCUT2D eigenvalue weighted by atomic mass is 15.2. The van der Waals surface area contributed by atoms with E-state index in [0.717, 1.165) is 23.9 Å². The van der Waals surface area contributed by atoms with E-state index >= 15 is 0 Å². The van der Waals surface area contributed by atoms with E-state index in [-0.39, 0.29) is 0 Å². The van der Waals surface area contributed by atoms with Crippen molar-refractivity contribution in [1.82, 2.24) is 19.5 Å². The van der Waals surface area contributed by atoms with Crippen molar-refractivity contribution in [3.8, 4) is 11.5 Å². The Morgan fingerprint density at radius 2 is 1.84 bits per heavy atom. The molecule has 1 aromatic carbocycles. The summed E-state index contributed by atoms with van der Waals surface area (Å²) in [7, 11) is 3.91. The van der Waals surface area contributed by atoms with Crippen molar-refractivity contribution in [3.05, 3.63) is 48.5 Å². The maximum Gasteiger partial charge on any atom is 0.165 e. The minimum absolute atomic E-state index is 0.747. The van der Waals surface area contributed by atoms with E-state index in [2.05, 4.69) is 27.1 Å². The van der Waals surface area contributed by atoms with Gasteiger partial charge >= 0.3 is 0 Å². The molecule has 0 bridgehead atoms. The Hall–Kier alpha value is -2.43. The van der Waals surface area contributed by atoms with Gasteiger partial charge in [0.15, 0.2) is 17.3 Å². The molecule has 19 heavy (non-hydrogen) atoms. The third kappa shape index (κ3) is 2.14. The van der Waals surface area contributed by atoms with Gasteiger partial charge < -0.3 is 9.47 Å². The number of nitrogens with zero attached hydrogens (tertiary/aromatic N) is 5. The van der Waals surface area contributed by atoms with E-state index in [0.29, 0.717) is 0 Å². The van der Waals surface area contributed by atoms with Crippen molar-refractivity contribution < 1.29 is 0 Å². The van der Waals surface area contributed by atoms with E-state index in [1.165, 1.54) is 5.56 Å². The Morgan fingerprint density at radius 3 is 2.58 bits per heavy atom. The smallest absolute Gasteiger partial charge is 0.165 e. The molecule has 2 aliphatic rings. The van der Waals surface area contributed by atoms with Crippen LogP contribution in [0.15, 0.2) is 43.0 Å². The second kappa shape index (κ2) is 4.68. The molecule has 5 nitrogen and oxygen atoms in total. The van der Waals surface area contributed by atoms with Crippen LogP contribution in [0.2, 0.25) is 0 Å². The molecule has 0 radical (unpaired) electrons. The number of rotatable bonds is 3. The number of hydrogen-bond donors (Lipinski definition) is 0. The molecule has 5 heteroatoms. The molecular formula is C14H15N5. The van der Waals surface area contributed by atoms with Gasteiger partial charge in [-0.05, 0) is 5.56 Å². The van der Waals surface area contributed by atoms with Gasteiger partial charge in [-0.15, -0.1) is 0 Å². The van der Waals surface area contributed by atoms with Crippen LogP contribution in [0.1, 0.15) is 5.56 Å². The molecule has 0 amide bonds. The summed E-state index contributed by atoms with van der Waals surface area (Å²) in [4.78, 5) is 15.1. The zero-order valence-electron chi connectivity index (χ0n) is 11.0. The maximum atomic E-state index is 4.46. The third-order valence-corrected chi connectivity index (χ3v) is 3.00. The summed E-state index contributed by atoms with van der Waals surface area (Å²) in [6, 6.07) is 10.3. The number of imidazole rings is 1. The molecule has 0 N–H and O–H groups in total. The molecule has 0 saturated carbocycles. The molecular weight excluding hydrogens is 238 g/mol. The average Bonchev–Trinajstić information content (AvgIpc) is 2.89. The fraction of sp³-hybridized carbons (Fsp3) is 0.214. The van der Waals surface area contributed by atoms with Crippen molar-refractivity contribution in [2.24, 2.45) is 0 Å². The minimum atomic E-state index is 0.747. The summed E-state index contributed by atoms with van der Waals surface area (Å²) in [6.45, 7) is 0.747.